The summed E-state index contributed by atoms with van der Waals surface area (Å²) in [6.07, 6.45) is 2.86. The van der Waals surface area contributed by atoms with Crippen LogP contribution in [0.2, 0.25) is 5.02 Å². The second-order valence-electron chi connectivity index (χ2n) is 7.39. The third-order valence-electron chi connectivity index (χ3n) is 5.18. The van der Waals surface area contributed by atoms with Crippen LogP contribution in [-0.4, -0.2) is 49.6 Å². The number of fused-ring (bicyclic) bond motifs is 1. The van der Waals surface area contributed by atoms with Gasteiger partial charge in [0.2, 0.25) is 11.8 Å². The molecule has 0 fully saturated rings. The van der Waals surface area contributed by atoms with Crippen molar-refractivity contribution in [3.63, 3.8) is 0 Å². The maximum absolute atomic E-state index is 15.0. The van der Waals surface area contributed by atoms with Crippen molar-refractivity contribution in [2.75, 3.05) is 36.6 Å². The Hall–Kier alpha value is -3.77. The summed E-state index contributed by atoms with van der Waals surface area (Å²) in [7, 11) is 0.446. The molecule has 0 spiro atoms. The van der Waals surface area contributed by atoms with Gasteiger partial charge >= 0.3 is 0 Å². The van der Waals surface area contributed by atoms with Gasteiger partial charge in [0.25, 0.3) is 10.0 Å². The highest BCUT2D eigenvalue weighted by Gasteiger charge is 2.23. The largest absolute Gasteiger partial charge is 0.480 e. The van der Waals surface area contributed by atoms with Gasteiger partial charge in [-0.25, -0.2) is 27.8 Å². The number of hydrogen-bond acceptors (Lipinski definition) is 9. The molecule has 0 saturated heterocycles. The van der Waals surface area contributed by atoms with Gasteiger partial charge in [-0.1, -0.05) is 11.6 Å². The van der Waals surface area contributed by atoms with Crippen molar-refractivity contribution in [1.29, 1.82) is 0 Å². The van der Waals surface area contributed by atoms with Crippen molar-refractivity contribution >= 4 is 50.1 Å². The summed E-state index contributed by atoms with van der Waals surface area (Å²) in [4.78, 5) is 16.7. The summed E-state index contributed by atoms with van der Waals surface area (Å²) in [6, 6.07) is 5.58. The van der Waals surface area contributed by atoms with E-state index in [1.54, 1.807) is 33.3 Å². The Labute approximate surface area is 206 Å². The number of methoxy groups -OCH3 is 1. The Morgan fingerprint density at radius 1 is 1.00 bits per heavy atom. The molecule has 10 nitrogen and oxygen atoms in total. The molecule has 0 aliphatic rings. The van der Waals surface area contributed by atoms with E-state index >= 15 is 0 Å². The first kappa shape index (κ1) is 24.4. The molecule has 0 radical (unpaired) electrons. The van der Waals surface area contributed by atoms with Crippen LogP contribution in [0.25, 0.3) is 22.2 Å². The van der Waals surface area contributed by atoms with E-state index < -0.39 is 15.8 Å². The lowest BCUT2D eigenvalue weighted by molar-refractivity contribution is 0.385. The topological polar surface area (TPSA) is 131 Å². The van der Waals surface area contributed by atoms with Gasteiger partial charge in [-0.2, -0.15) is 4.98 Å². The fraction of sp³-hybridized carbons (Fsp3) is 0.182. The minimum atomic E-state index is -4.21. The smallest absolute Gasteiger partial charge is 0.267 e. The minimum Gasteiger partial charge on any atom is -0.480 e. The van der Waals surface area contributed by atoms with Crippen molar-refractivity contribution in [1.82, 2.24) is 19.9 Å². The highest BCUT2D eigenvalue weighted by molar-refractivity contribution is 7.92. The van der Waals surface area contributed by atoms with Gasteiger partial charge in [0.05, 0.1) is 17.8 Å². The SMILES string of the molecule is CNc1ncc2cc(-c3cc(NS(=O)(=O)c4cc(Cl)cnc4OC)cc(F)c3C)c(NC)nc2n1. The quantitative estimate of drug-likeness (QED) is 0.332. The Kier molecular flexibility index (Phi) is 6.59. The standard InChI is InChI=1S/C22H21ClFN7O3S/c1-11-15(16-5-12-9-28-22(26-3)30-19(12)29-20(16)25-2)7-14(8-17(11)24)31-35(32,33)18-6-13(23)10-27-21(18)34-4/h5-10,31H,1-4H3,(H2,25,26,28,29,30). The molecule has 0 amide bonds. The highest BCUT2D eigenvalue weighted by atomic mass is 35.5. The lowest BCUT2D eigenvalue weighted by Crippen LogP contribution is -2.15. The van der Waals surface area contributed by atoms with E-state index in [1.165, 1.54) is 25.4 Å². The molecule has 182 valence electrons. The highest BCUT2D eigenvalue weighted by Crippen LogP contribution is 2.36. The van der Waals surface area contributed by atoms with Crippen LogP contribution < -0.4 is 20.1 Å². The number of pyridine rings is 2. The number of ether oxygens (including phenoxy) is 1. The number of nitrogens with zero attached hydrogens (tertiary/aromatic N) is 4. The molecule has 1 aromatic carbocycles. The van der Waals surface area contributed by atoms with Gasteiger partial charge < -0.3 is 15.4 Å². The maximum atomic E-state index is 15.0. The number of hydrogen-bond donors (Lipinski definition) is 3. The molecule has 13 heteroatoms. The van der Waals surface area contributed by atoms with Crippen LogP contribution >= 0.6 is 11.6 Å². The fourth-order valence-corrected chi connectivity index (χ4v) is 4.87. The minimum absolute atomic E-state index is 0.00550. The van der Waals surface area contributed by atoms with Crippen molar-refractivity contribution in [3.8, 4) is 17.0 Å². The molecule has 3 N–H and O–H groups in total. The van der Waals surface area contributed by atoms with Gasteiger partial charge in [0.15, 0.2) is 10.5 Å². The summed E-state index contributed by atoms with van der Waals surface area (Å²) < 4.78 is 48.6. The van der Waals surface area contributed by atoms with E-state index in [0.717, 1.165) is 6.07 Å². The van der Waals surface area contributed by atoms with Crippen molar-refractivity contribution in [2.45, 2.75) is 11.8 Å². The van der Waals surface area contributed by atoms with Gasteiger partial charge in [-0.3, -0.25) is 4.72 Å². The van der Waals surface area contributed by atoms with Crippen LogP contribution in [0, 0.1) is 12.7 Å². The van der Waals surface area contributed by atoms with E-state index in [4.69, 9.17) is 16.3 Å². The molecule has 0 aliphatic carbocycles. The van der Waals surface area contributed by atoms with E-state index in [-0.39, 0.29) is 21.5 Å². The number of benzene rings is 1. The summed E-state index contributed by atoms with van der Waals surface area (Å²) in [5, 5.41) is 6.57. The maximum Gasteiger partial charge on any atom is 0.267 e. The molecular weight excluding hydrogens is 497 g/mol. The van der Waals surface area contributed by atoms with Crippen molar-refractivity contribution in [2.24, 2.45) is 0 Å². The van der Waals surface area contributed by atoms with Crippen LogP contribution in [0.4, 0.5) is 21.8 Å². The number of halogens is 2. The summed E-state index contributed by atoms with van der Waals surface area (Å²) >= 11 is 5.94. The average Bonchev–Trinajstić information content (AvgIpc) is 2.84. The van der Waals surface area contributed by atoms with Crippen molar-refractivity contribution in [3.05, 3.63) is 53.1 Å². The lowest BCUT2D eigenvalue weighted by Gasteiger charge is -2.16. The molecule has 4 rings (SSSR count). The Morgan fingerprint density at radius 3 is 2.46 bits per heavy atom. The van der Waals surface area contributed by atoms with E-state index in [1.807, 2.05) is 0 Å². The molecule has 35 heavy (non-hydrogen) atoms. The Balaban J connectivity index is 1.84. The van der Waals surface area contributed by atoms with Gasteiger partial charge in [0.1, 0.15) is 11.6 Å². The monoisotopic (exact) mass is 517 g/mol. The average molecular weight is 518 g/mol. The van der Waals surface area contributed by atoms with E-state index in [0.29, 0.717) is 39.5 Å². The van der Waals surface area contributed by atoms with Crippen LogP contribution in [0.15, 0.2) is 41.6 Å². The summed E-state index contributed by atoms with van der Waals surface area (Å²) in [5.41, 5.74) is 1.71. The first-order chi connectivity index (χ1) is 16.7. The zero-order valence-corrected chi connectivity index (χ0v) is 20.7. The molecule has 0 aliphatic heterocycles. The molecule has 3 heterocycles. The first-order valence-corrected chi connectivity index (χ1v) is 12.1. The van der Waals surface area contributed by atoms with Gasteiger partial charge in [-0.05, 0) is 42.3 Å². The molecule has 3 aromatic heterocycles. The van der Waals surface area contributed by atoms with Crippen LogP contribution in [-0.2, 0) is 10.0 Å². The molecule has 0 bridgehead atoms. The van der Waals surface area contributed by atoms with Gasteiger partial charge in [-0.15, -0.1) is 0 Å². The Bertz CT molecular complexity index is 1550. The van der Waals surface area contributed by atoms with Crippen LogP contribution in [0.3, 0.4) is 0 Å². The Morgan fingerprint density at radius 2 is 1.77 bits per heavy atom. The zero-order chi connectivity index (χ0) is 25.3. The molecule has 4 aromatic rings. The third kappa shape index (κ3) is 4.75. The number of anilines is 3. The molecule has 0 unspecified atom stereocenters. The fourth-order valence-electron chi connectivity index (χ4n) is 3.46. The van der Waals surface area contributed by atoms with E-state index in [2.05, 4.69) is 35.3 Å². The number of rotatable bonds is 7. The van der Waals surface area contributed by atoms with Crippen LogP contribution in [0.5, 0.6) is 5.88 Å². The van der Waals surface area contributed by atoms with E-state index in [9.17, 15) is 12.8 Å². The summed E-state index contributed by atoms with van der Waals surface area (Å²) in [5.74, 6) is 0.0815. The zero-order valence-electron chi connectivity index (χ0n) is 19.1. The summed E-state index contributed by atoms with van der Waals surface area (Å²) in [6.45, 7) is 1.59. The molecular formula is C22H21ClFN7O3S. The first-order valence-electron chi connectivity index (χ1n) is 10.2. The normalized spacial score (nSPS) is 11.4. The number of aromatic nitrogens is 4. The molecule has 0 saturated carbocycles. The lowest BCUT2D eigenvalue weighted by atomic mass is 9.99. The van der Waals surface area contributed by atoms with Gasteiger partial charge in [0, 0.05) is 37.4 Å². The second kappa shape index (κ2) is 9.47. The molecule has 0 atom stereocenters. The predicted molar refractivity (Wildman–Crippen MR) is 133 cm³/mol. The predicted octanol–water partition coefficient (Wildman–Crippen LogP) is 4.08. The number of nitrogens with one attached hydrogen (secondary N) is 3. The van der Waals surface area contributed by atoms with Crippen molar-refractivity contribution < 1.29 is 17.5 Å². The second-order valence-corrected chi connectivity index (χ2v) is 9.48. The third-order valence-corrected chi connectivity index (χ3v) is 6.77. The van der Waals surface area contributed by atoms with Crippen LogP contribution in [0.1, 0.15) is 5.56 Å². The number of sulfonamides is 1.